The second kappa shape index (κ2) is 15.3. The first-order chi connectivity index (χ1) is 19.0. The van der Waals surface area contributed by atoms with Gasteiger partial charge in [0.1, 0.15) is 18.4 Å². The van der Waals surface area contributed by atoms with Crippen LogP contribution < -0.4 is 15.4 Å². The zero-order chi connectivity index (χ0) is 27.5. The van der Waals surface area contributed by atoms with Crippen LogP contribution in [-0.4, -0.2) is 72.6 Å². The highest BCUT2D eigenvalue weighted by atomic mass is 32.2. The molecule has 2 N–H and O–H groups in total. The van der Waals surface area contributed by atoms with Crippen LogP contribution in [0.25, 0.3) is 0 Å². The molecule has 2 aromatic carbocycles. The number of hydrogen-bond acceptors (Lipinski definition) is 6. The number of amides is 2. The predicted octanol–water partition coefficient (Wildman–Crippen LogP) is 4.05. The maximum absolute atomic E-state index is 13.6. The molecule has 0 spiro atoms. The van der Waals surface area contributed by atoms with E-state index in [1.807, 2.05) is 71.3 Å². The van der Waals surface area contributed by atoms with Crippen molar-refractivity contribution in [3.63, 3.8) is 0 Å². The van der Waals surface area contributed by atoms with E-state index >= 15 is 0 Å². The van der Waals surface area contributed by atoms with E-state index in [1.165, 1.54) is 0 Å². The highest BCUT2D eigenvalue weighted by molar-refractivity contribution is 7.99. The predicted molar refractivity (Wildman–Crippen MR) is 157 cm³/mol. The summed E-state index contributed by atoms with van der Waals surface area (Å²) >= 11 is 1.87. The third-order valence-electron chi connectivity index (χ3n) is 7.23. The third kappa shape index (κ3) is 9.55. The Labute approximate surface area is 237 Å². The molecule has 2 aromatic rings. The summed E-state index contributed by atoms with van der Waals surface area (Å²) in [5.41, 5.74) is 2.10. The highest BCUT2D eigenvalue weighted by Crippen LogP contribution is 2.18. The van der Waals surface area contributed by atoms with Gasteiger partial charge in [0.05, 0.1) is 6.04 Å². The maximum Gasteiger partial charge on any atom is 0.245 e. The molecule has 0 aromatic heterocycles. The van der Waals surface area contributed by atoms with Crippen LogP contribution in [0, 0.1) is 5.92 Å². The summed E-state index contributed by atoms with van der Waals surface area (Å²) < 4.78 is 11.4. The van der Waals surface area contributed by atoms with Gasteiger partial charge in [-0.2, -0.15) is 11.8 Å². The summed E-state index contributed by atoms with van der Waals surface area (Å²) in [6.45, 7) is 7.62. The Hall–Kier alpha value is -2.55. The molecule has 212 valence electrons. The van der Waals surface area contributed by atoms with Gasteiger partial charge >= 0.3 is 0 Å². The van der Waals surface area contributed by atoms with Crippen LogP contribution >= 0.6 is 11.8 Å². The van der Waals surface area contributed by atoms with Crippen molar-refractivity contribution in [1.82, 2.24) is 15.5 Å². The molecule has 2 saturated heterocycles. The van der Waals surface area contributed by atoms with Gasteiger partial charge < -0.3 is 25.0 Å². The molecular formula is C31H43N3O4S. The van der Waals surface area contributed by atoms with Gasteiger partial charge in [-0.05, 0) is 48.4 Å². The van der Waals surface area contributed by atoms with E-state index in [0.29, 0.717) is 32.2 Å². The van der Waals surface area contributed by atoms with Gasteiger partial charge in [0.15, 0.2) is 0 Å². The molecule has 0 aliphatic carbocycles. The highest BCUT2D eigenvalue weighted by Gasteiger charge is 2.31. The smallest absolute Gasteiger partial charge is 0.245 e. The topological polar surface area (TPSA) is 79.9 Å². The number of carbonyl (C=O) groups is 2. The number of rotatable bonds is 12. The fraction of sp³-hybridized carbons (Fsp3) is 0.548. The number of benzene rings is 2. The summed E-state index contributed by atoms with van der Waals surface area (Å²) in [5, 5.41) is 6.73. The lowest BCUT2D eigenvalue weighted by Gasteiger charge is -2.33. The molecule has 2 aliphatic rings. The van der Waals surface area contributed by atoms with Crippen LogP contribution in [0.15, 0.2) is 54.6 Å². The number of ether oxygens (including phenoxy) is 2. The van der Waals surface area contributed by atoms with Gasteiger partial charge in [-0.15, -0.1) is 0 Å². The summed E-state index contributed by atoms with van der Waals surface area (Å²) in [7, 11) is 0. The Morgan fingerprint density at radius 1 is 0.974 bits per heavy atom. The van der Waals surface area contributed by atoms with Gasteiger partial charge in [-0.25, -0.2) is 0 Å². The summed E-state index contributed by atoms with van der Waals surface area (Å²) in [6.07, 6.45) is 2.96. The third-order valence-corrected chi connectivity index (χ3v) is 8.17. The molecule has 2 fully saturated rings. The van der Waals surface area contributed by atoms with Crippen molar-refractivity contribution in [2.45, 2.75) is 64.3 Å². The van der Waals surface area contributed by atoms with E-state index in [9.17, 15) is 9.59 Å². The molecule has 0 unspecified atom stereocenters. The van der Waals surface area contributed by atoms with E-state index in [2.05, 4.69) is 24.5 Å². The summed E-state index contributed by atoms with van der Waals surface area (Å²) in [6, 6.07) is 17.2. The summed E-state index contributed by atoms with van der Waals surface area (Å²) in [5.74, 6) is 2.90. The van der Waals surface area contributed by atoms with E-state index < -0.39 is 6.04 Å². The molecule has 2 atom stereocenters. The first-order valence-electron chi connectivity index (χ1n) is 14.2. The lowest BCUT2D eigenvalue weighted by atomic mass is 9.99. The monoisotopic (exact) mass is 553 g/mol. The van der Waals surface area contributed by atoms with Crippen molar-refractivity contribution in [2.75, 3.05) is 37.8 Å². The zero-order valence-electron chi connectivity index (χ0n) is 23.3. The van der Waals surface area contributed by atoms with Gasteiger partial charge in [0.2, 0.25) is 11.8 Å². The number of carbonyl (C=O) groups excluding carboxylic acids is 2. The quantitative estimate of drug-likeness (QED) is 0.413. The first-order valence-corrected chi connectivity index (χ1v) is 15.4. The molecule has 0 radical (unpaired) electrons. The normalized spacial score (nSPS) is 18.0. The lowest BCUT2D eigenvalue weighted by molar-refractivity contribution is -0.136. The summed E-state index contributed by atoms with van der Waals surface area (Å²) in [4.78, 5) is 29.2. The Kier molecular flexibility index (Phi) is 11.5. The van der Waals surface area contributed by atoms with Crippen LogP contribution in [-0.2, 0) is 27.4 Å². The van der Waals surface area contributed by atoms with E-state index in [0.717, 1.165) is 60.7 Å². The molecule has 8 heteroatoms. The van der Waals surface area contributed by atoms with Crippen molar-refractivity contribution < 1.29 is 19.1 Å². The maximum atomic E-state index is 13.6. The minimum atomic E-state index is -0.608. The Morgan fingerprint density at radius 2 is 1.67 bits per heavy atom. The van der Waals surface area contributed by atoms with Crippen LogP contribution in [0.3, 0.4) is 0 Å². The molecule has 2 amide bonds. The standard InChI is InChI=1S/C31H43N3O4S/c1-23(2)20-28(32-26-12-16-37-17-13-26)30(35)33-29(31(36)34-14-18-39-19-15-34)21-24-8-10-27(11-9-24)38-22-25-6-4-3-5-7-25/h3-11,23,26,28-29,32H,12-22H2,1-2H3,(H,33,35)/t28-,29+/m0/s1. The average molecular weight is 554 g/mol. The second-order valence-electron chi connectivity index (χ2n) is 10.9. The minimum Gasteiger partial charge on any atom is -0.489 e. The van der Waals surface area contributed by atoms with Gasteiger partial charge in [-0.3, -0.25) is 9.59 Å². The lowest BCUT2D eigenvalue weighted by Crippen LogP contribution is -2.57. The SMILES string of the molecule is CC(C)C[C@H](NC1CCOCC1)C(=O)N[C@H](Cc1ccc(OCc2ccccc2)cc1)C(=O)N1CCSCC1. The average Bonchev–Trinajstić information content (AvgIpc) is 2.97. The van der Waals surface area contributed by atoms with Gasteiger partial charge in [-0.1, -0.05) is 56.3 Å². The van der Waals surface area contributed by atoms with Crippen LogP contribution in [0.4, 0.5) is 0 Å². The van der Waals surface area contributed by atoms with E-state index in [4.69, 9.17) is 9.47 Å². The number of nitrogens with zero attached hydrogens (tertiary/aromatic N) is 1. The van der Waals surface area contributed by atoms with Crippen LogP contribution in [0.2, 0.25) is 0 Å². The van der Waals surface area contributed by atoms with Gasteiger partial charge in [0.25, 0.3) is 0 Å². The molecule has 0 bridgehead atoms. The molecule has 39 heavy (non-hydrogen) atoms. The van der Waals surface area contributed by atoms with Crippen LogP contribution in [0.1, 0.15) is 44.2 Å². The minimum absolute atomic E-state index is 0.00224. The molecule has 7 nitrogen and oxygen atoms in total. The fourth-order valence-corrected chi connectivity index (χ4v) is 5.95. The Bertz CT molecular complexity index is 1020. The van der Waals surface area contributed by atoms with Crippen molar-refractivity contribution in [2.24, 2.45) is 5.92 Å². The molecule has 4 rings (SSSR count). The van der Waals surface area contributed by atoms with Crippen molar-refractivity contribution >= 4 is 23.6 Å². The zero-order valence-corrected chi connectivity index (χ0v) is 24.1. The van der Waals surface area contributed by atoms with Crippen molar-refractivity contribution in [3.05, 3.63) is 65.7 Å². The Morgan fingerprint density at radius 3 is 2.33 bits per heavy atom. The number of nitrogens with one attached hydrogen (secondary N) is 2. The van der Waals surface area contributed by atoms with Crippen LogP contribution in [0.5, 0.6) is 5.75 Å². The van der Waals surface area contributed by atoms with E-state index in [-0.39, 0.29) is 23.9 Å². The molecular weight excluding hydrogens is 510 g/mol. The number of hydrogen-bond donors (Lipinski definition) is 2. The fourth-order valence-electron chi connectivity index (χ4n) is 5.05. The van der Waals surface area contributed by atoms with Gasteiger partial charge in [0, 0.05) is 50.3 Å². The molecule has 2 heterocycles. The van der Waals surface area contributed by atoms with Crippen molar-refractivity contribution in [3.8, 4) is 5.75 Å². The van der Waals surface area contributed by atoms with E-state index in [1.54, 1.807) is 0 Å². The number of thioether (sulfide) groups is 1. The van der Waals surface area contributed by atoms with Crippen molar-refractivity contribution in [1.29, 1.82) is 0 Å². The first kappa shape index (κ1) is 29.4. The Balaban J connectivity index is 1.43. The molecule has 0 saturated carbocycles. The second-order valence-corrected chi connectivity index (χ2v) is 12.1. The molecule has 2 aliphatic heterocycles. The largest absolute Gasteiger partial charge is 0.489 e.